The van der Waals surface area contributed by atoms with E-state index in [0.29, 0.717) is 24.0 Å². The molecule has 112 valence electrons. The van der Waals surface area contributed by atoms with Gasteiger partial charge in [0.05, 0.1) is 11.9 Å². The third-order valence-electron chi connectivity index (χ3n) is 3.31. The van der Waals surface area contributed by atoms with E-state index in [1.807, 2.05) is 12.1 Å². The minimum atomic E-state index is -0.0996. The molecule has 21 heavy (non-hydrogen) atoms. The summed E-state index contributed by atoms with van der Waals surface area (Å²) in [6.45, 7) is 0.539. The van der Waals surface area contributed by atoms with E-state index >= 15 is 0 Å². The molecule has 5 nitrogen and oxygen atoms in total. The zero-order chi connectivity index (χ0) is 14.7. The summed E-state index contributed by atoms with van der Waals surface area (Å²) in [5, 5.41) is 4.02. The fraction of sp³-hybridized carbons (Fsp3) is 0.429. The van der Waals surface area contributed by atoms with Crippen LogP contribution >= 0.6 is 27.7 Å². The summed E-state index contributed by atoms with van der Waals surface area (Å²) in [5.74, 6) is 1.94. The Morgan fingerprint density at radius 2 is 2.10 bits per heavy atom. The fourth-order valence-corrected chi connectivity index (χ4v) is 3.20. The molecule has 0 spiro atoms. The van der Waals surface area contributed by atoms with Crippen LogP contribution in [0.5, 0.6) is 0 Å². The van der Waals surface area contributed by atoms with Crippen LogP contribution in [-0.2, 0) is 10.5 Å². The summed E-state index contributed by atoms with van der Waals surface area (Å²) in [4.78, 5) is 5.59. The number of benzene rings is 1. The first-order valence-corrected chi connectivity index (χ1v) is 8.59. The first-order valence-electron chi connectivity index (χ1n) is 6.81. The third-order valence-corrected chi connectivity index (χ3v) is 4.85. The lowest BCUT2D eigenvalue weighted by Crippen LogP contribution is -2.18. The summed E-state index contributed by atoms with van der Waals surface area (Å²) in [6, 6.07) is 8.15. The largest absolute Gasteiger partial charge is 0.364 e. The molecule has 1 aromatic heterocycles. The highest BCUT2D eigenvalue weighted by molar-refractivity contribution is 9.10. The number of aromatic nitrogens is 2. The molecule has 0 amide bonds. The van der Waals surface area contributed by atoms with Gasteiger partial charge in [-0.1, -0.05) is 21.1 Å². The maximum Gasteiger partial charge on any atom is 0.255 e. The lowest BCUT2D eigenvalue weighted by atomic mass is 10.2. The van der Waals surface area contributed by atoms with Gasteiger partial charge in [-0.25, -0.2) is 0 Å². The van der Waals surface area contributed by atoms with Crippen LogP contribution in [-0.4, -0.2) is 22.8 Å². The van der Waals surface area contributed by atoms with Gasteiger partial charge in [0.1, 0.15) is 6.10 Å². The van der Waals surface area contributed by atoms with Crippen molar-refractivity contribution in [1.82, 2.24) is 10.1 Å². The highest BCUT2D eigenvalue weighted by atomic mass is 79.9. The maximum absolute atomic E-state index is 5.75. The Bertz CT molecular complexity index is 590. The summed E-state index contributed by atoms with van der Waals surface area (Å²) >= 11 is 5.10. The van der Waals surface area contributed by atoms with Crippen LogP contribution in [0.4, 0.5) is 0 Å². The van der Waals surface area contributed by atoms with Crippen molar-refractivity contribution < 1.29 is 9.26 Å². The maximum atomic E-state index is 5.75. The van der Waals surface area contributed by atoms with Gasteiger partial charge < -0.3 is 15.0 Å². The van der Waals surface area contributed by atoms with Gasteiger partial charge in [0.25, 0.3) is 5.89 Å². The van der Waals surface area contributed by atoms with Crippen LogP contribution < -0.4 is 5.73 Å². The van der Waals surface area contributed by atoms with Crippen molar-refractivity contribution in [2.24, 2.45) is 5.73 Å². The van der Waals surface area contributed by atoms with Gasteiger partial charge in [-0.2, -0.15) is 4.98 Å². The van der Waals surface area contributed by atoms with Crippen LogP contribution in [0.25, 0.3) is 0 Å². The lowest BCUT2D eigenvalue weighted by Gasteiger charge is -2.07. The minimum absolute atomic E-state index is 0.0996. The van der Waals surface area contributed by atoms with Gasteiger partial charge >= 0.3 is 0 Å². The average Bonchev–Trinajstić information content (AvgIpc) is 3.15. The molecule has 0 bridgehead atoms. The summed E-state index contributed by atoms with van der Waals surface area (Å²) < 4.78 is 12.1. The zero-order valence-corrected chi connectivity index (χ0v) is 13.8. The molecular formula is C14H16BrN3O2S. The van der Waals surface area contributed by atoms with E-state index in [0.717, 1.165) is 17.3 Å². The predicted molar refractivity (Wildman–Crippen MR) is 83.9 cm³/mol. The number of ether oxygens (including phenoxy) is 1. The zero-order valence-electron chi connectivity index (χ0n) is 11.4. The number of rotatable bonds is 5. The second-order valence-electron chi connectivity index (χ2n) is 4.85. The Balaban J connectivity index is 1.57. The van der Waals surface area contributed by atoms with Gasteiger partial charge in [0.2, 0.25) is 0 Å². The van der Waals surface area contributed by atoms with Gasteiger partial charge in [0.15, 0.2) is 5.82 Å². The van der Waals surface area contributed by atoms with E-state index in [2.05, 4.69) is 38.2 Å². The Labute approximate surface area is 135 Å². The molecule has 2 heterocycles. The van der Waals surface area contributed by atoms with Crippen molar-refractivity contribution in [3.8, 4) is 0 Å². The number of hydrogen-bond acceptors (Lipinski definition) is 6. The third kappa shape index (κ3) is 3.85. The molecular weight excluding hydrogens is 354 g/mol. The minimum Gasteiger partial charge on any atom is -0.364 e. The molecule has 2 atom stereocenters. The quantitative estimate of drug-likeness (QED) is 0.814. The van der Waals surface area contributed by atoms with Crippen molar-refractivity contribution in [3.63, 3.8) is 0 Å². The number of nitrogens with two attached hydrogens (primary N) is 1. The van der Waals surface area contributed by atoms with Gasteiger partial charge in [-0.3, -0.25) is 0 Å². The molecule has 0 saturated carbocycles. The summed E-state index contributed by atoms with van der Waals surface area (Å²) in [7, 11) is 0. The van der Waals surface area contributed by atoms with E-state index in [-0.39, 0.29) is 12.2 Å². The van der Waals surface area contributed by atoms with Crippen LogP contribution in [0.15, 0.2) is 38.2 Å². The second-order valence-corrected chi connectivity index (χ2v) is 6.82. The van der Waals surface area contributed by atoms with Crippen LogP contribution in [0.2, 0.25) is 0 Å². The molecule has 1 fully saturated rings. The van der Waals surface area contributed by atoms with E-state index in [1.54, 1.807) is 11.8 Å². The molecule has 1 aliphatic heterocycles. The molecule has 3 rings (SSSR count). The van der Waals surface area contributed by atoms with Gasteiger partial charge in [0, 0.05) is 15.9 Å². The van der Waals surface area contributed by atoms with Crippen molar-refractivity contribution in [3.05, 3.63) is 40.5 Å². The predicted octanol–water partition coefficient (Wildman–Crippen LogP) is 3.30. The summed E-state index contributed by atoms with van der Waals surface area (Å²) in [5.41, 5.74) is 5.60. The van der Waals surface area contributed by atoms with E-state index in [4.69, 9.17) is 15.0 Å². The lowest BCUT2D eigenvalue weighted by molar-refractivity contribution is 0.0307. The fourth-order valence-electron chi connectivity index (χ4n) is 2.20. The monoisotopic (exact) mass is 369 g/mol. The van der Waals surface area contributed by atoms with Crippen molar-refractivity contribution in [2.75, 3.05) is 6.54 Å². The Morgan fingerprint density at radius 1 is 1.29 bits per heavy atom. The van der Waals surface area contributed by atoms with Crippen LogP contribution in [0.1, 0.15) is 30.7 Å². The molecule has 2 aromatic rings. The Morgan fingerprint density at radius 3 is 2.81 bits per heavy atom. The summed E-state index contributed by atoms with van der Waals surface area (Å²) in [6.07, 6.45) is 1.86. The molecule has 2 unspecified atom stereocenters. The molecule has 1 aromatic carbocycles. The molecule has 0 radical (unpaired) electrons. The smallest absolute Gasteiger partial charge is 0.255 e. The van der Waals surface area contributed by atoms with Gasteiger partial charge in [-0.05, 0) is 37.1 Å². The Kier molecular flexibility index (Phi) is 4.95. The average molecular weight is 370 g/mol. The number of nitrogens with zero attached hydrogens (tertiary/aromatic N) is 2. The Hall–Kier alpha value is -0.890. The van der Waals surface area contributed by atoms with Crippen LogP contribution in [0.3, 0.4) is 0 Å². The van der Waals surface area contributed by atoms with Crippen molar-refractivity contribution in [1.29, 1.82) is 0 Å². The van der Waals surface area contributed by atoms with E-state index in [1.165, 1.54) is 4.90 Å². The standard InChI is InChI=1S/C14H16BrN3O2S/c15-9-1-4-11(5-2-9)21-8-13-17-14(20-18-13)12-6-3-10(7-16)19-12/h1-2,4-5,10,12H,3,6-8,16H2. The van der Waals surface area contributed by atoms with Crippen molar-refractivity contribution >= 4 is 27.7 Å². The number of thioether (sulfide) groups is 1. The van der Waals surface area contributed by atoms with Crippen LogP contribution in [0, 0.1) is 0 Å². The van der Waals surface area contributed by atoms with E-state index in [9.17, 15) is 0 Å². The molecule has 1 aliphatic rings. The number of hydrogen-bond donors (Lipinski definition) is 1. The molecule has 1 saturated heterocycles. The molecule has 2 N–H and O–H groups in total. The van der Waals surface area contributed by atoms with Gasteiger partial charge in [-0.15, -0.1) is 11.8 Å². The second kappa shape index (κ2) is 6.91. The first-order chi connectivity index (χ1) is 10.2. The topological polar surface area (TPSA) is 74.2 Å². The highest BCUT2D eigenvalue weighted by Crippen LogP contribution is 2.32. The van der Waals surface area contributed by atoms with E-state index < -0.39 is 0 Å². The van der Waals surface area contributed by atoms with Crippen molar-refractivity contribution in [2.45, 2.75) is 35.7 Å². The SMILES string of the molecule is NCC1CCC(c2nc(CSc3ccc(Br)cc3)no2)O1. The number of halogens is 1. The molecule has 7 heteroatoms. The first kappa shape index (κ1) is 15.0. The molecule has 0 aliphatic carbocycles. The highest BCUT2D eigenvalue weighted by Gasteiger charge is 2.29. The normalized spacial score (nSPS) is 21.8.